The van der Waals surface area contributed by atoms with E-state index in [1.807, 2.05) is 30.3 Å². The molecular formula is C23H27F3N2O3. The monoisotopic (exact) mass is 436 g/mol. The van der Waals surface area contributed by atoms with E-state index in [0.717, 1.165) is 17.7 Å². The lowest BCUT2D eigenvalue weighted by atomic mass is 10.0. The van der Waals surface area contributed by atoms with Crippen LogP contribution in [-0.2, 0) is 27.1 Å². The van der Waals surface area contributed by atoms with Crippen molar-refractivity contribution in [3.8, 4) is 0 Å². The molecule has 168 valence electrons. The second kappa shape index (κ2) is 10.7. The van der Waals surface area contributed by atoms with Gasteiger partial charge in [-0.1, -0.05) is 42.5 Å². The van der Waals surface area contributed by atoms with Crippen molar-refractivity contribution in [1.82, 2.24) is 10.2 Å². The number of morpholine rings is 1. The summed E-state index contributed by atoms with van der Waals surface area (Å²) in [5.41, 5.74) is 0.995. The van der Waals surface area contributed by atoms with Crippen molar-refractivity contribution in [3.63, 3.8) is 0 Å². The van der Waals surface area contributed by atoms with Gasteiger partial charge in [0, 0.05) is 19.6 Å². The van der Waals surface area contributed by atoms with Crippen LogP contribution in [0.2, 0.25) is 0 Å². The molecule has 1 heterocycles. The van der Waals surface area contributed by atoms with Crippen molar-refractivity contribution in [2.24, 2.45) is 0 Å². The molecule has 0 spiro atoms. The maximum Gasteiger partial charge on any atom is 0.416 e. The maximum atomic E-state index is 12.9. The highest BCUT2D eigenvalue weighted by molar-refractivity contribution is 5.80. The van der Waals surface area contributed by atoms with Crippen LogP contribution >= 0.6 is 0 Å². The predicted octanol–water partition coefficient (Wildman–Crippen LogP) is 3.80. The van der Waals surface area contributed by atoms with E-state index in [9.17, 15) is 18.0 Å². The standard InChI is InChI=1S/C23H27F3N2O3/c1-17(31-16-18-5-3-2-4-6-18)22(29)27-15-21(28-11-13-30-14-12-28)19-7-9-20(10-8-19)23(24,25)26/h2-10,17,21H,11-16H2,1H3,(H,27,29). The molecule has 2 aromatic carbocycles. The predicted molar refractivity (Wildman–Crippen MR) is 110 cm³/mol. The Bertz CT molecular complexity index is 822. The van der Waals surface area contributed by atoms with Gasteiger partial charge in [0.15, 0.2) is 0 Å². The number of halogens is 3. The number of nitrogens with one attached hydrogen (secondary N) is 1. The molecule has 0 saturated carbocycles. The van der Waals surface area contributed by atoms with Crippen molar-refractivity contribution in [3.05, 3.63) is 71.3 Å². The molecule has 3 rings (SSSR count). The Balaban J connectivity index is 1.62. The van der Waals surface area contributed by atoms with Crippen LogP contribution in [0.5, 0.6) is 0 Å². The molecule has 8 heteroatoms. The molecule has 2 unspecified atom stereocenters. The van der Waals surface area contributed by atoms with E-state index in [0.29, 0.717) is 38.5 Å². The number of hydrogen-bond acceptors (Lipinski definition) is 4. The molecule has 1 aliphatic rings. The first kappa shape index (κ1) is 23.2. The van der Waals surface area contributed by atoms with Crippen molar-refractivity contribution in [2.45, 2.75) is 31.9 Å². The zero-order chi connectivity index (χ0) is 22.3. The Kier molecular flexibility index (Phi) is 8.06. The minimum Gasteiger partial charge on any atom is -0.379 e. The van der Waals surface area contributed by atoms with E-state index in [1.54, 1.807) is 6.92 Å². The van der Waals surface area contributed by atoms with Gasteiger partial charge in [-0.05, 0) is 30.2 Å². The second-order valence-corrected chi connectivity index (χ2v) is 7.47. The number of nitrogens with zero attached hydrogens (tertiary/aromatic N) is 1. The van der Waals surface area contributed by atoms with E-state index in [1.165, 1.54) is 12.1 Å². The van der Waals surface area contributed by atoms with Crippen molar-refractivity contribution < 1.29 is 27.4 Å². The summed E-state index contributed by atoms with van der Waals surface area (Å²) in [6, 6.07) is 14.4. The Morgan fingerprint density at radius 2 is 1.74 bits per heavy atom. The molecule has 2 atom stereocenters. The van der Waals surface area contributed by atoms with Gasteiger partial charge in [-0.15, -0.1) is 0 Å². The van der Waals surface area contributed by atoms with Gasteiger partial charge < -0.3 is 14.8 Å². The fraction of sp³-hybridized carbons (Fsp3) is 0.435. The molecule has 0 radical (unpaired) electrons. The van der Waals surface area contributed by atoms with Crippen LogP contribution in [0.25, 0.3) is 0 Å². The fourth-order valence-electron chi connectivity index (χ4n) is 3.45. The number of ether oxygens (including phenoxy) is 2. The SMILES string of the molecule is CC(OCc1ccccc1)C(=O)NCC(c1ccc(C(F)(F)F)cc1)N1CCOCC1. The van der Waals surface area contributed by atoms with E-state index in [4.69, 9.17) is 9.47 Å². The Labute approximate surface area is 180 Å². The summed E-state index contributed by atoms with van der Waals surface area (Å²) in [6.45, 7) is 4.64. The minimum absolute atomic E-state index is 0.253. The van der Waals surface area contributed by atoms with E-state index in [-0.39, 0.29) is 18.5 Å². The summed E-state index contributed by atoms with van der Waals surface area (Å²) >= 11 is 0. The van der Waals surface area contributed by atoms with Crippen LogP contribution in [0, 0.1) is 0 Å². The average molecular weight is 436 g/mol. The normalized spacial score (nSPS) is 17.2. The summed E-state index contributed by atoms with van der Waals surface area (Å²) in [6.07, 6.45) is -5.04. The van der Waals surface area contributed by atoms with Gasteiger partial charge in [-0.2, -0.15) is 13.2 Å². The first-order valence-corrected chi connectivity index (χ1v) is 10.3. The zero-order valence-corrected chi connectivity index (χ0v) is 17.4. The number of benzene rings is 2. The smallest absolute Gasteiger partial charge is 0.379 e. The number of carbonyl (C=O) groups is 1. The molecule has 2 aromatic rings. The van der Waals surface area contributed by atoms with Gasteiger partial charge >= 0.3 is 6.18 Å². The fourth-order valence-corrected chi connectivity index (χ4v) is 3.45. The first-order valence-electron chi connectivity index (χ1n) is 10.3. The number of carbonyl (C=O) groups excluding carboxylic acids is 1. The van der Waals surface area contributed by atoms with Crippen LogP contribution in [0.15, 0.2) is 54.6 Å². The lowest BCUT2D eigenvalue weighted by Crippen LogP contribution is -2.45. The summed E-state index contributed by atoms with van der Waals surface area (Å²) in [7, 11) is 0. The number of hydrogen-bond donors (Lipinski definition) is 1. The second-order valence-electron chi connectivity index (χ2n) is 7.47. The van der Waals surface area contributed by atoms with Gasteiger partial charge in [0.25, 0.3) is 0 Å². The molecule has 0 bridgehead atoms. The topological polar surface area (TPSA) is 50.8 Å². The molecule has 1 fully saturated rings. The average Bonchev–Trinajstić information content (AvgIpc) is 2.78. The van der Waals surface area contributed by atoms with E-state index < -0.39 is 17.8 Å². The van der Waals surface area contributed by atoms with E-state index in [2.05, 4.69) is 10.2 Å². The quantitative estimate of drug-likeness (QED) is 0.684. The van der Waals surface area contributed by atoms with Gasteiger partial charge in [0.1, 0.15) is 6.10 Å². The largest absolute Gasteiger partial charge is 0.416 e. The number of alkyl halides is 3. The maximum absolute atomic E-state index is 12.9. The van der Waals surface area contributed by atoms with Crippen molar-refractivity contribution >= 4 is 5.91 Å². The van der Waals surface area contributed by atoms with Crippen molar-refractivity contribution in [1.29, 1.82) is 0 Å². The molecule has 1 N–H and O–H groups in total. The molecule has 1 saturated heterocycles. The van der Waals surface area contributed by atoms with Crippen LogP contribution in [-0.4, -0.2) is 49.8 Å². The summed E-state index contributed by atoms with van der Waals surface area (Å²) in [4.78, 5) is 14.7. The summed E-state index contributed by atoms with van der Waals surface area (Å²) < 4.78 is 49.8. The third kappa shape index (κ3) is 6.78. The number of rotatable bonds is 8. The lowest BCUT2D eigenvalue weighted by molar-refractivity contribution is -0.137. The van der Waals surface area contributed by atoms with Gasteiger partial charge in [-0.3, -0.25) is 9.69 Å². The molecule has 0 aromatic heterocycles. The van der Waals surface area contributed by atoms with Crippen LogP contribution < -0.4 is 5.32 Å². The third-order valence-corrected chi connectivity index (χ3v) is 5.29. The summed E-state index contributed by atoms with van der Waals surface area (Å²) in [5.74, 6) is -0.263. The number of amides is 1. The highest BCUT2D eigenvalue weighted by Gasteiger charge is 2.31. The molecule has 31 heavy (non-hydrogen) atoms. The van der Waals surface area contributed by atoms with Gasteiger partial charge in [-0.25, -0.2) is 0 Å². The molecule has 1 amide bonds. The Morgan fingerprint density at radius 1 is 1.10 bits per heavy atom. The first-order chi connectivity index (χ1) is 14.8. The van der Waals surface area contributed by atoms with E-state index >= 15 is 0 Å². The zero-order valence-electron chi connectivity index (χ0n) is 17.4. The lowest BCUT2D eigenvalue weighted by Gasteiger charge is -2.35. The minimum atomic E-state index is -4.38. The molecule has 0 aliphatic carbocycles. The van der Waals surface area contributed by atoms with Crippen LogP contribution in [0.4, 0.5) is 13.2 Å². The van der Waals surface area contributed by atoms with Gasteiger partial charge in [0.2, 0.25) is 5.91 Å². The van der Waals surface area contributed by atoms with Crippen LogP contribution in [0.1, 0.15) is 29.7 Å². The third-order valence-electron chi connectivity index (χ3n) is 5.29. The highest BCUT2D eigenvalue weighted by atomic mass is 19.4. The Morgan fingerprint density at radius 3 is 2.35 bits per heavy atom. The van der Waals surface area contributed by atoms with Crippen LogP contribution in [0.3, 0.4) is 0 Å². The Hall–Kier alpha value is -2.42. The van der Waals surface area contributed by atoms with Crippen molar-refractivity contribution in [2.75, 3.05) is 32.8 Å². The molecule has 5 nitrogen and oxygen atoms in total. The van der Waals surface area contributed by atoms with Gasteiger partial charge in [0.05, 0.1) is 31.4 Å². The molecular weight excluding hydrogens is 409 g/mol. The molecule has 1 aliphatic heterocycles. The highest BCUT2D eigenvalue weighted by Crippen LogP contribution is 2.31. The summed E-state index contributed by atoms with van der Waals surface area (Å²) in [5, 5.41) is 2.89.